The molecule has 0 fully saturated rings. The minimum Gasteiger partial charge on any atom is -0.437 e. The maximum Gasteiger partial charge on any atom is 0.226 e. The van der Waals surface area contributed by atoms with E-state index in [-0.39, 0.29) is 0 Å². The molecule has 0 bridgehead atoms. The molecule has 0 unspecified atom stereocenters. The van der Waals surface area contributed by atoms with E-state index in [0.717, 1.165) is 12.2 Å². The summed E-state index contributed by atoms with van der Waals surface area (Å²) in [6, 6.07) is 4.79. The molecule has 0 spiro atoms. The Labute approximate surface area is 132 Å². The fraction of sp³-hybridized carbons (Fsp3) is 0.231. The van der Waals surface area contributed by atoms with E-state index >= 15 is 0 Å². The van der Waals surface area contributed by atoms with Crippen molar-refractivity contribution in [2.45, 2.75) is 13.8 Å². The largest absolute Gasteiger partial charge is 0.437 e. The number of anilines is 1. The van der Waals surface area contributed by atoms with E-state index < -0.39 is 0 Å². The molecule has 0 aliphatic rings. The summed E-state index contributed by atoms with van der Waals surface area (Å²) in [5.74, 6) is 1.27. The van der Waals surface area contributed by atoms with Gasteiger partial charge < -0.3 is 10.1 Å². The molecule has 7 heteroatoms. The molecule has 1 aromatic heterocycles. The van der Waals surface area contributed by atoms with Crippen molar-refractivity contribution in [2.75, 3.05) is 11.9 Å². The Morgan fingerprint density at radius 1 is 1.05 bits per heavy atom. The molecule has 2 rings (SSSR count). The van der Waals surface area contributed by atoms with Crippen LogP contribution in [0.5, 0.6) is 11.6 Å². The summed E-state index contributed by atoms with van der Waals surface area (Å²) in [4.78, 5) is 8.47. The quantitative estimate of drug-likeness (QED) is 0.803. The van der Waals surface area contributed by atoms with E-state index in [1.165, 1.54) is 6.07 Å². The van der Waals surface area contributed by atoms with Crippen LogP contribution in [0.15, 0.2) is 18.2 Å². The third-order valence-corrected chi connectivity index (χ3v) is 3.37. The Hall–Kier alpha value is -1.23. The van der Waals surface area contributed by atoms with E-state index in [1.54, 1.807) is 12.1 Å². The first-order chi connectivity index (χ1) is 9.49. The molecule has 20 heavy (non-hydrogen) atoms. The van der Waals surface area contributed by atoms with Crippen LogP contribution < -0.4 is 10.1 Å². The minimum absolute atomic E-state index is 0.362. The molecule has 1 heterocycles. The zero-order chi connectivity index (χ0) is 14.7. The lowest BCUT2D eigenvalue weighted by molar-refractivity contribution is 0.462. The first kappa shape index (κ1) is 15.2. The maximum absolute atomic E-state index is 6.07. The smallest absolute Gasteiger partial charge is 0.226 e. The summed E-state index contributed by atoms with van der Waals surface area (Å²) >= 11 is 17.9. The van der Waals surface area contributed by atoms with Crippen LogP contribution in [-0.4, -0.2) is 16.5 Å². The number of nitrogens with zero attached hydrogens (tertiary/aromatic N) is 2. The number of aromatic nitrogens is 2. The Balaban J connectivity index is 2.32. The van der Waals surface area contributed by atoms with Gasteiger partial charge >= 0.3 is 0 Å². The molecule has 106 valence electrons. The van der Waals surface area contributed by atoms with Gasteiger partial charge in [-0.15, -0.1) is 0 Å². The van der Waals surface area contributed by atoms with Crippen molar-refractivity contribution in [3.8, 4) is 11.6 Å². The van der Waals surface area contributed by atoms with E-state index in [2.05, 4.69) is 15.3 Å². The maximum atomic E-state index is 6.07. The molecule has 0 aliphatic carbocycles. The molecule has 0 saturated heterocycles. The average molecular weight is 333 g/mol. The molecular formula is C13H12Cl3N3O. The number of nitrogens with one attached hydrogen (secondary N) is 1. The van der Waals surface area contributed by atoms with Crippen LogP contribution in [0.25, 0.3) is 0 Å². The second kappa shape index (κ2) is 6.48. The fourth-order valence-corrected chi connectivity index (χ4v) is 2.10. The monoisotopic (exact) mass is 331 g/mol. The van der Waals surface area contributed by atoms with E-state index in [4.69, 9.17) is 39.5 Å². The molecule has 0 atom stereocenters. The van der Waals surface area contributed by atoms with Crippen LogP contribution in [0.2, 0.25) is 15.1 Å². The molecule has 1 aromatic carbocycles. The van der Waals surface area contributed by atoms with Crippen molar-refractivity contribution >= 4 is 40.8 Å². The van der Waals surface area contributed by atoms with Gasteiger partial charge in [-0.1, -0.05) is 34.8 Å². The number of benzene rings is 1. The van der Waals surface area contributed by atoms with Crippen LogP contribution in [0.1, 0.15) is 12.6 Å². The predicted octanol–water partition coefficient (Wildman–Crippen LogP) is 4.97. The van der Waals surface area contributed by atoms with Crippen molar-refractivity contribution in [3.05, 3.63) is 39.0 Å². The summed E-state index contributed by atoms with van der Waals surface area (Å²) in [6.45, 7) is 4.53. The minimum atomic E-state index is 0.362. The molecule has 2 aromatic rings. The molecule has 0 radical (unpaired) electrons. The van der Waals surface area contributed by atoms with Crippen molar-refractivity contribution < 1.29 is 4.74 Å². The Morgan fingerprint density at radius 3 is 2.45 bits per heavy atom. The van der Waals surface area contributed by atoms with Gasteiger partial charge in [-0.05, 0) is 19.9 Å². The summed E-state index contributed by atoms with van der Waals surface area (Å²) in [6.07, 6.45) is 0. The van der Waals surface area contributed by atoms with Gasteiger partial charge in [0.05, 0.1) is 15.1 Å². The third kappa shape index (κ3) is 3.66. The summed E-state index contributed by atoms with van der Waals surface area (Å²) in [5.41, 5.74) is 0.780. The Bertz CT molecular complexity index is 634. The van der Waals surface area contributed by atoms with Gasteiger partial charge in [0.15, 0.2) is 0 Å². The average Bonchev–Trinajstić information content (AvgIpc) is 2.35. The second-order valence-corrected chi connectivity index (χ2v) is 5.22. The van der Waals surface area contributed by atoms with Gasteiger partial charge in [-0.25, -0.2) is 4.98 Å². The highest BCUT2D eigenvalue weighted by Crippen LogP contribution is 2.36. The molecular weight excluding hydrogens is 321 g/mol. The third-order valence-electron chi connectivity index (χ3n) is 2.35. The number of rotatable bonds is 4. The standard InChI is InChI=1S/C13H12Cl3N3O/c1-3-17-13-18-7(2)4-12(19-13)20-11-6-9(15)8(14)5-10(11)16/h4-6H,3H2,1-2H3,(H,17,18,19). The predicted molar refractivity (Wildman–Crippen MR) is 82.5 cm³/mol. The van der Waals surface area contributed by atoms with Gasteiger partial charge in [0, 0.05) is 24.4 Å². The van der Waals surface area contributed by atoms with Crippen LogP contribution in [-0.2, 0) is 0 Å². The Kier molecular flexibility index (Phi) is 4.91. The zero-order valence-corrected chi connectivity index (χ0v) is 13.1. The normalized spacial score (nSPS) is 10.4. The zero-order valence-electron chi connectivity index (χ0n) is 10.9. The van der Waals surface area contributed by atoms with E-state index in [1.807, 2.05) is 13.8 Å². The van der Waals surface area contributed by atoms with Crippen LogP contribution in [0, 0.1) is 6.92 Å². The molecule has 0 saturated carbocycles. The van der Waals surface area contributed by atoms with Crippen LogP contribution in [0.3, 0.4) is 0 Å². The lowest BCUT2D eigenvalue weighted by atomic mass is 10.3. The lowest BCUT2D eigenvalue weighted by Gasteiger charge is -2.10. The number of ether oxygens (including phenoxy) is 1. The highest BCUT2D eigenvalue weighted by atomic mass is 35.5. The number of hydrogen-bond donors (Lipinski definition) is 1. The Morgan fingerprint density at radius 2 is 1.75 bits per heavy atom. The summed E-state index contributed by atoms with van der Waals surface area (Å²) in [7, 11) is 0. The first-order valence-electron chi connectivity index (χ1n) is 5.91. The second-order valence-electron chi connectivity index (χ2n) is 4.00. The van der Waals surface area contributed by atoms with E-state index in [0.29, 0.717) is 32.6 Å². The van der Waals surface area contributed by atoms with Crippen molar-refractivity contribution in [2.24, 2.45) is 0 Å². The van der Waals surface area contributed by atoms with Crippen molar-refractivity contribution in [3.63, 3.8) is 0 Å². The highest BCUT2D eigenvalue weighted by molar-refractivity contribution is 6.43. The molecule has 1 N–H and O–H groups in total. The molecule has 4 nitrogen and oxygen atoms in total. The van der Waals surface area contributed by atoms with Crippen LogP contribution >= 0.6 is 34.8 Å². The SMILES string of the molecule is CCNc1nc(C)cc(Oc2cc(Cl)c(Cl)cc2Cl)n1. The highest BCUT2D eigenvalue weighted by Gasteiger charge is 2.10. The topological polar surface area (TPSA) is 47.0 Å². The van der Waals surface area contributed by atoms with Gasteiger partial charge in [-0.2, -0.15) is 4.98 Å². The summed E-state index contributed by atoms with van der Waals surface area (Å²) < 4.78 is 5.65. The van der Waals surface area contributed by atoms with Crippen molar-refractivity contribution in [1.29, 1.82) is 0 Å². The van der Waals surface area contributed by atoms with Crippen molar-refractivity contribution in [1.82, 2.24) is 9.97 Å². The molecule has 0 aliphatic heterocycles. The van der Waals surface area contributed by atoms with E-state index in [9.17, 15) is 0 Å². The van der Waals surface area contributed by atoms with Gasteiger partial charge in [0.25, 0.3) is 0 Å². The van der Waals surface area contributed by atoms with Crippen LogP contribution in [0.4, 0.5) is 5.95 Å². The number of halogens is 3. The fourth-order valence-electron chi connectivity index (χ4n) is 1.52. The molecule has 0 amide bonds. The van der Waals surface area contributed by atoms with Gasteiger partial charge in [0.1, 0.15) is 5.75 Å². The lowest BCUT2D eigenvalue weighted by Crippen LogP contribution is -2.04. The number of hydrogen-bond acceptors (Lipinski definition) is 4. The summed E-state index contributed by atoms with van der Waals surface area (Å²) in [5, 5.41) is 4.13. The van der Waals surface area contributed by atoms with Gasteiger partial charge in [0.2, 0.25) is 11.8 Å². The number of aryl methyl sites for hydroxylation is 1. The van der Waals surface area contributed by atoms with Gasteiger partial charge in [-0.3, -0.25) is 0 Å². The first-order valence-corrected chi connectivity index (χ1v) is 7.05.